The smallest absolute Gasteiger partial charge is 0.319 e. The fraction of sp³-hybridized carbons (Fsp3) is 0.467. The molecule has 1 saturated heterocycles. The van der Waals surface area contributed by atoms with Crippen molar-refractivity contribution in [3.63, 3.8) is 0 Å². The predicted octanol–water partition coefficient (Wildman–Crippen LogP) is 2.15. The third kappa shape index (κ3) is 2.63. The number of aliphatic carboxylic acids is 1. The Balaban J connectivity index is 1.71. The van der Waals surface area contributed by atoms with E-state index in [1.165, 1.54) is 0 Å². The van der Waals surface area contributed by atoms with Crippen LogP contribution in [0.5, 0.6) is 0 Å². The van der Waals surface area contributed by atoms with E-state index in [9.17, 15) is 9.59 Å². The molecule has 1 aromatic carbocycles. The first-order valence-corrected chi connectivity index (χ1v) is 7.32. The normalized spacial score (nSPS) is 26.3. The van der Waals surface area contributed by atoms with Crippen LogP contribution in [0.4, 0.5) is 0 Å². The zero-order valence-electron chi connectivity index (χ0n) is 11.3. The first kappa shape index (κ1) is 14.4. The summed E-state index contributed by atoms with van der Waals surface area (Å²) in [6.45, 7) is 0.540. The topological polar surface area (TPSA) is 75.6 Å². The number of hydrogen-bond acceptors (Lipinski definition) is 3. The van der Waals surface area contributed by atoms with Crippen LogP contribution in [0.25, 0.3) is 0 Å². The van der Waals surface area contributed by atoms with Crippen LogP contribution in [0.3, 0.4) is 0 Å². The number of carboxylic acids is 1. The van der Waals surface area contributed by atoms with Gasteiger partial charge in [-0.25, -0.2) is 0 Å². The Morgan fingerprint density at radius 1 is 1.29 bits per heavy atom. The number of hydrogen-bond donors (Lipinski definition) is 2. The van der Waals surface area contributed by atoms with Crippen molar-refractivity contribution in [2.75, 3.05) is 6.61 Å². The van der Waals surface area contributed by atoms with Crippen molar-refractivity contribution in [3.8, 4) is 0 Å². The Morgan fingerprint density at radius 2 is 1.95 bits per heavy atom. The van der Waals surface area contributed by atoms with Crippen molar-refractivity contribution in [1.82, 2.24) is 5.32 Å². The molecule has 2 atom stereocenters. The van der Waals surface area contributed by atoms with Crippen LogP contribution in [-0.2, 0) is 14.3 Å². The summed E-state index contributed by atoms with van der Waals surface area (Å²) in [6.07, 6.45) is 1.24. The van der Waals surface area contributed by atoms with E-state index in [1.807, 2.05) is 12.1 Å². The largest absolute Gasteiger partial charge is 0.480 e. The Bertz CT molecular complexity index is 568. The number of ether oxygens (including phenoxy) is 1. The molecule has 1 saturated carbocycles. The molecule has 1 amide bonds. The number of rotatable bonds is 4. The Kier molecular flexibility index (Phi) is 3.63. The Hall–Kier alpha value is -1.59. The van der Waals surface area contributed by atoms with E-state index in [1.54, 1.807) is 12.1 Å². The lowest BCUT2D eigenvalue weighted by Crippen LogP contribution is -2.44. The van der Waals surface area contributed by atoms with Gasteiger partial charge in [0.15, 0.2) is 0 Å². The van der Waals surface area contributed by atoms with Crippen molar-refractivity contribution < 1.29 is 19.4 Å². The molecule has 2 fully saturated rings. The van der Waals surface area contributed by atoms with Crippen LogP contribution in [-0.4, -0.2) is 29.6 Å². The average Bonchev–Trinajstić information content (AvgIpc) is 3.16. The van der Waals surface area contributed by atoms with E-state index >= 15 is 0 Å². The maximum absolute atomic E-state index is 12.2. The fourth-order valence-electron chi connectivity index (χ4n) is 2.69. The number of carbonyl (C=O) groups excluding carboxylic acids is 1. The highest BCUT2D eigenvalue weighted by molar-refractivity contribution is 6.30. The van der Waals surface area contributed by atoms with Crippen LogP contribution < -0.4 is 5.32 Å². The predicted molar refractivity (Wildman–Crippen MR) is 76.0 cm³/mol. The lowest BCUT2D eigenvalue weighted by molar-refractivity contribution is -0.149. The van der Waals surface area contributed by atoms with E-state index < -0.39 is 17.3 Å². The minimum atomic E-state index is -1.22. The molecule has 1 aliphatic heterocycles. The van der Waals surface area contributed by atoms with Gasteiger partial charge >= 0.3 is 5.97 Å². The summed E-state index contributed by atoms with van der Waals surface area (Å²) in [5, 5.41) is 12.6. The molecule has 6 heteroatoms. The van der Waals surface area contributed by atoms with E-state index in [0.717, 1.165) is 5.56 Å². The molecule has 3 rings (SSSR count). The number of carbonyl (C=O) groups is 2. The van der Waals surface area contributed by atoms with Crippen LogP contribution in [0.2, 0.25) is 5.02 Å². The number of benzene rings is 1. The standard InChI is InChI=1S/C15H16ClNO4/c16-10-3-1-9(2-4-10)12-11(5-8-21-12)17-13(18)15(6-7-15)14(19)20/h1-4,11-12H,5-8H2,(H,17,18)(H,19,20). The maximum Gasteiger partial charge on any atom is 0.319 e. The van der Waals surface area contributed by atoms with Gasteiger partial charge < -0.3 is 15.2 Å². The molecule has 0 aromatic heterocycles. The molecule has 1 aliphatic carbocycles. The summed E-state index contributed by atoms with van der Waals surface area (Å²) >= 11 is 5.87. The summed E-state index contributed by atoms with van der Waals surface area (Å²) in [4.78, 5) is 23.4. The monoisotopic (exact) mass is 309 g/mol. The molecular weight excluding hydrogens is 294 g/mol. The summed E-state index contributed by atoms with van der Waals surface area (Å²) in [5.41, 5.74) is -0.282. The molecule has 5 nitrogen and oxygen atoms in total. The third-order valence-electron chi connectivity index (χ3n) is 4.20. The number of halogens is 1. The molecule has 1 heterocycles. The molecule has 0 bridgehead atoms. The van der Waals surface area contributed by atoms with Crippen molar-refractivity contribution in [1.29, 1.82) is 0 Å². The highest BCUT2D eigenvalue weighted by atomic mass is 35.5. The second-order valence-corrected chi connectivity index (χ2v) is 6.04. The zero-order valence-corrected chi connectivity index (χ0v) is 12.1. The van der Waals surface area contributed by atoms with Crippen molar-refractivity contribution in [3.05, 3.63) is 34.9 Å². The first-order valence-electron chi connectivity index (χ1n) is 6.94. The zero-order chi connectivity index (χ0) is 15.0. The molecule has 0 radical (unpaired) electrons. The van der Waals surface area contributed by atoms with Gasteiger partial charge in [0.05, 0.1) is 6.04 Å². The number of nitrogens with one attached hydrogen (secondary N) is 1. The van der Waals surface area contributed by atoms with Gasteiger partial charge in [-0.3, -0.25) is 9.59 Å². The van der Waals surface area contributed by atoms with Gasteiger partial charge in [0.25, 0.3) is 0 Å². The summed E-state index contributed by atoms with van der Waals surface area (Å²) in [6, 6.07) is 7.08. The minimum absolute atomic E-state index is 0.199. The molecule has 1 aromatic rings. The molecule has 21 heavy (non-hydrogen) atoms. The number of carboxylic acid groups (broad SMARTS) is 1. The molecule has 2 unspecified atom stereocenters. The van der Waals surface area contributed by atoms with Crippen molar-refractivity contribution in [2.45, 2.75) is 31.4 Å². The van der Waals surface area contributed by atoms with Gasteiger partial charge in [-0.1, -0.05) is 23.7 Å². The molecule has 2 N–H and O–H groups in total. The van der Waals surface area contributed by atoms with Crippen LogP contribution >= 0.6 is 11.6 Å². The Morgan fingerprint density at radius 3 is 2.52 bits per heavy atom. The molecule has 2 aliphatic rings. The summed E-state index contributed by atoms with van der Waals surface area (Å²) in [7, 11) is 0. The van der Waals surface area contributed by atoms with E-state index in [-0.39, 0.29) is 12.1 Å². The summed E-state index contributed by atoms with van der Waals surface area (Å²) < 4.78 is 5.68. The first-order chi connectivity index (χ1) is 10.0. The molecule has 112 valence electrons. The van der Waals surface area contributed by atoms with Gasteiger partial charge in [0.2, 0.25) is 5.91 Å². The number of amides is 1. The van der Waals surface area contributed by atoms with Crippen LogP contribution in [0.15, 0.2) is 24.3 Å². The van der Waals surface area contributed by atoms with Crippen molar-refractivity contribution >= 4 is 23.5 Å². The van der Waals surface area contributed by atoms with Gasteiger partial charge in [0.1, 0.15) is 11.5 Å². The highest BCUT2D eigenvalue weighted by Gasteiger charge is 2.57. The molecular formula is C15H16ClNO4. The SMILES string of the molecule is O=C(O)C1(C(=O)NC2CCOC2c2ccc(Cl)cc2)CC1. The van der Waals surface area contributed by atoms with Gasteiger partial charge in [-0.05, 0) is 37.0 Å². The summed E-state index contributed by atoms with van der Waals surface area (Å²) in [5.74, 6) is -1.44. The lowest BCUT2D eigenvalue weighted by atomic mass is 10.00. The highest BCUT2D eigenvalue weighted by Crippen LogP contribution is 2.46. The van der Waals surface area contributed by atoms with E-state index in [0.29, 0.717) is 30.9 Å². The average molecular weight is 310 g/mol. The van der Waals surface area contributed by atoms with Crippen LogP contribution in [0, 0.1) is 5.41 Å². The fourth-order valence-corrected chi connectivity index (χ4v) is 2.81. The van der Waals surface area contributed by atoms with Gasteiger partial charge in [-0.15, -0.1) is 0 Å². The van der Waals surface area contributed by atoms with Gasteiger partial charge in [0, 0.05) is 11.6 Å². The van der Waals surface area contributed by atoms with Gasteiger partial charge in [-0.2, -0.15) is 0 Å². The van der Waals surface area contributed by atoms with E-state index in [4.69, 9.17) is 21.4 Å². The van der Waals surface area contributed by atoms with Crippen molar-refractivity contribution in [2.24, 2.45) is 5.41 Å². The van der Waals surface area contributed by atoms with E-state index in [2.05, 4.69) is 5.32 Å². The Labute approximate surface area is 127 Å². The maximum atomic E-state index is 12.2. The minimum Gasteiger partial charge on any atom is -0.480 e. The van der Waals surface area contributed by atoms with Crippen LogP contribution in [0.1, 0.15) is 30.9 Å². The second kappa shape index (κ2) is 5.31. The molecule has 0 spiro atoms. The lowest BCUT2D eigenvalue weighted by Gasteiger charge is -2.22. The quantitative estimate of drug-likeness (QED) is 0.836. The second-order valence-electron chi connectivity index (χ2n) is 5.60. The third-order valence-corrected chi connectivity index (χ3v) is 4.45.